The van der Waals surface area contributed by atoms with Gasteiger partial charge in [-0.05, 0) is 37.5 Å². The molecule has 19 heavy (non-hydrogen) atoms. The number of carboxylic acid groups (broad SMARTS) is 1. The highest BCUT2D eigenvalue weighted by Gasteiger charge is 2.33. The number of urea groups is 1. The third-order valence-electron chi connectivity index (χ3n) is 3.79. The second-order valence-corrected chi connectivity index (χ2v) is 5.45. The Morgan fingerprint density at radius 3 is 2.47 bits per heavy atom. The second kappa shape index (κ2) is 6.75. The molecule has 0 radical (unpaired) electrons. The van der Waals surface area contributed by atoms with Crippen LogP contribution in [0.2, 0.25) is 0 Å². The minimum absolute atomic E-state index is 0.00928. The minimum Gasteiger partial charge on any atom is -0.481 e. The van der Waals surface area contributed by atoms with Gasteiger partial charge in [-0.1, -0.05) is 0 Å². The van der Waals surface area contributed by atoms with Gasteiger partial charge in [0, 0.05) is 25.8 Å². The summed E-state index contributed by atoms with van der Waals surface area (Å²) >= 11 is 0. The lowest BCUT2D eigenvalue weighted by atomic mass is 10.0. The Labute approximate surface area is 112 Å². The summed E-state index contributed by atoms with van der Waals surface area (Å²) in [5.74, 6) is -0.0510. The van der Waals surface area contributed by atoms with E-state index in [4.69, 9.17) is 9.84 Å². The first-order valence-corrected chi connectivity index (χ1v) is 6.99. The van der Waals surface area contributed by atoms with Crippen molar-refractivity contribution < 1.29 is 19.4 Å². The molecule has 1 aliphatic carbocycles. The highest BCUT2D eigenvalue weighted by Crippen LogP contribution is 2.33. The molecule has 1 heterocycles. The zero-order chi connectivity index (χ0) is 13.7. The molecule has 1 saturated carbocycles. The van der Waals surface area contributed by atoms with Crippen molar-refractivity contribution in [2.75, 3.05) is 19.8 Å². The third-order valence-corrected chi connectivity index (χ3v) is 3.79. The zero-order valence-electron chi connectivity index (χ0n) is 11.1. The lowest BCUT2D eigenvalue weighted by Crippen LogP contribution is -2.45. The molecule has 2 fully saturated rings. The van der Waals surface area contributed by atoms with Crippen LogP contribution in [0, 0.1) is 11.8 Å². The lowest BCUT2D eigenvalue weighted by Gasteiger charge is -2.23. The van der Waals surface area contributed by atoms with Crippen LogP contribution < -0.4 is 10.6 Å². The average Bonchev–Trinajstić information content (AvgIpc) is 3.20. The zero-order valence-corrected chi connectivity index (χ0v) is 11.1. The Morgan fingerprint density at radius 2 is 1.89 bits per heavy atom. The molecule has 0 bridgehead atoms. The van der Waals surface area contributed by atoms with Gasteiger partial charge in [-0.25, -0.2) is 4.79 Å². The summed E-state index contributed by atoms with van der Waals surface area (Å²) < 4.78 is 5.26. The minimum atomic E-state index is -0.860. The molecular formula is C13H22N2O4. The van der Waals surface area contributed by atoms with E-state index in [-0.39, 0.29) is 18.5 Å². The van der Waals surface area contributed by atoms with Crippen LogP contribution in [0.3, 0.4) is 0 Å². The fraction of sp³-hybridized carbons (Fsp3) is 0.846. The van der Waals surface area contributed by atoms with Crippen LogP contribution in [0.15, 0.2) is 0 Å². The summed E-state index contributed by atoms with van der Waals surface area (Å²) in [5, 5.41) is 14.4. The molecule has 0 aromatic rings. The van der Waals surface area contributed by atoms with Crippen LogP contribution >= 0.6 is 0 Å². The quantitative estimate of drug-likeness (QED) is 0.671. The summed E-state index contributed by atoms with van der Waals surface area (Å²) in [6, 6.07) is -0.475. The van der Waals surface area contributed by atoms with Crippen molar-refractivity contribution in [2.45, 2.75) is 38.1 Å². The first-order valence-electron chi connectivity index (χ1n) is 6.99. The van der Waals surface area contributed by atoms with Gasteiger partial charge in [0.05, 0.1) is 6.42 Å². The molecule has 0 aromatic carbocycles. The standard InChI is InChI=1S/C13H22N2O4/c16-12(17)7-11(10-1-2-10)15-13(18)14-8-9-3-5-19-6-4-9/h9-11H,1-8H2,(H,16,17)(H2,14,15,18). The van der Waals surface area contributed by atoms with E-state index in [9.17, 15) is 9.59 Å². The van der Waals surface area contributed by atoms with Gasteiger partial charge in [-0.3, -0.25) is 4.79 Å². The molecule has 1 aliphatic heterocycles. The molecule has 2 amide bonds. The van der Waals surface area contributed by atoms with Crippen molar-refractivity contribution in [1.82, 2.24) is 10.6 Å². The van der Waals surface area contributed by atoms with Crippen molar-refractivity contribution in [2.24, 2.45) is 11.8 Å². The number of amides is 2. The van der Waals surface area contributed by atoms with Gasteiger partial charge in [0.1, 0.15) is 0 Å². The third kappa shape index (κ3) is 5.06. The summed E-state index contributed by atoms with van der Waals surface area (Å²) in [7, 11) is 0. The van der Waals surface area contributed by atoms with Gasteiger partial charge >= 0.3 is 12.0 Å². The Kier molecular flexibility index (Phi) is 5.01. The van der Waals surface area contributed by atoms with Crippen LogP contribution in [0.25, 0.3) is 0 Å². The van der Waals surface area contributed by atoms with Gasteiger partial charge in [0.2, 0.25) is 0 Å². The van der Waals surface area contributed by atoms with Crippen molar-refractivity contribution in [3.8, 4) is 0 Å². The van der Waals surface area contributed by atoms with Gasteiger partial charge < -0.3 is 20.5 Å². The molecule has 2 aliphatic rings. The van der Waals surface area contributed by atoms with Crippen LogP contribution in [0.5, 0.6) is 0 Å². The van der Waals surface area contributed by atoms with E-state index < -0.39 is 5.97 Å². The first kappa shape index (κ1) is 14.1. The van der Waals surface area contributed by atoms with Gasteiger partial charge in [0.15, 0.2) is 0 Å². The number of hydrogen-bond acceptors (Lipinski definition) is 3. The number of carbonyl (C=O) groups is 2. The maximum atomic E-state index is 11.8. The second-order valence-electron chi connectivity index (χ2n) is 5.45. The van der Waals surface area contributed by atoms with Crippen LogP contribution in [0.4, 0.5) is 4.79 Å². The molecule has 108 valence electrons. The molecule has 6 nitrogen and oxygen atoms in total. The topological polar surface area (TPSA) is 87.7 Å². The van der Waals surface area contributed by atoms with Gasteiger partial charge in [-0.15, -0.1) is 0 Å². The predicted octanol–water partition coefficient (Wildman–Crippen LogP) is 0.965. The number of ether oxygens (including phenoxy) is 1. The molecule has 6 heteroatoms. The average molecular weight is 270 g/mol. The molecule has 3 N–H and O–H groups in total. The largest absolute Gasteiger partial charge is 0.481 e. The van der Waals surface area contributed by atoms with Crippen molar-refractivity contribution in [3.05, 3.63) is 0 Å². The number of carbonyl (C=O) groups excluding carboxylic acids is 1. The molecule has 1 saturated heterocycles. The fourth-order valence-corrected chi connectivity index (χ4v) is 2.43. The Balaban J connectivity index is 1.68. The highest BCUT2D eigenvalue weighted by molar-refractivity contribution is 5.75. The number of nitrogens with one attached hydrogen (secondary N) is 2. The first-order chi connectivity index (χ1) is 9.15. The maximum Gasteiger partial charge on any atom is 0.315 e. The molecule has 0 spiro atoms. The fourth-order valence-electron chi connectivity index (χ4n) is 2.43. The molecule has 1 atom stereocenters. The summed E-state index contributed by atoms with van der Waals surface area (Å²) in [6.07, 6.45) is 3.98. The van der Waals surface area contributed by atoms with E-state index >= 15 is 0 Å². The van der Waals surface area contributed by atoms with Crippen LogP contribution in [-0.4, -0.2) is 42.9 Å². The summed E-state index contributed by atoms with van der Waals surface area (Å²) in [5.41, 5.74) is 0. The van der Waals surface area contributed by atoms with Crippen molar-refractivity contribution in [3.63, 3.8) is 0 Å². The van der Waals surface area contributed by atoms with Crippen LogP contribution in [0.1, 0.15) is 32.1 Å². The Morgan fingerprint density at radius 1 is 1.21 bits per heavy atom. The van der Waals surface area contributed by atoms with Crippen molar-refractivity contribution >= 4 is 12.0 Å². The maximum absolute atomic E-state index is 11.8. The van der Waals surface area contributed by atoms with E-state index in [1.54, 1.807) is 0 Å². The normalized spacial score (nSPS) is 21.7. The van der Waals surface area contributed by atoms with E-state index in [1.807, 2.05) is 0 Å². The van der Waals surface area contributed by atoms with E-state index in [1.165, 1.54) is 0 Å². The SMILES string of the molecule is O=C(O)CC(NC(=O)NCC1CCOCC1)C1CC1. The Bertz CT molecular complexity index is 325. The number of carboxylic acids is 1. The number of aliphatic carboxylic acids is 1. The highest BCUT2D eigenvalue weighted by atomic mass is 16.5. The van der Waals surface area contributed by atoms with Gasteiger partial charge in [-0.2, -0.15) is 0 Å². The van der Waals surface area contributed by atoms with Crippen LogP contribution in [-0.2, 0) is 9.53 Å². The molecule has 1 unspecified atom stereocenters. The van der Waals surface area contributed by atoms with E-state index in [0.29, 0.717) is 18.4 Å². The summed E-state index contributed by atoms with van der Waals surface area (Å²) in [4.78, 5) is 22.5. The Hall–Kier alpha value is -1.30. The number of hydrogen-bond donors (Lipinski definition) is 3. The monoisotopic (exact) mass is 270 g/mol. The molecule has 2 rings (SSSR count). The number of rotatable bonds is 6. The van der Waals surface area contributed by atoms with Gasteiger partial charge in [0.25, 0.3) is 0 Å². The van der Waals surface area contributed by atoms with E-state index in [2.05, 4.69) is 10.6 Å². The van der Waals surface area contributed by atoms with E-state index in [0.717, 1.165) is 38.9 Å². The molecular weight excluding hydrogens is 248 g/mol. The summed E-state index contributed by atoms with van der Waals surface area (Å²) in [6.45, 7) is 2.16. The molecule has 0 aromatic heterocycles. The lowest BCUT2D eigenvalue weighted by molar-refractivity contribution is -0.137. The predicted molar refractivity (Wildman–Crippen MR) is 68.8 cm³/mol. The smallest absolute Gasteiger partial charge is 0.315 e. The van der Waals surface area contributed by atoms with Crippen molar-refractivity contribution in [1.29, 1.82) is 0 Å².